The van der Waals surface area contributed by atoms with Crippen LogP contribution in [0.15, 0.2) is 45.3 Å². The minimum absolute atomic E-state index is 0.428. The van der Waals surface area contributed by atoms with E-state index >= 15 is 0 Å². The van der Waals surface area contributed by atoms with E-state index in [-0.39, 0.29) is 0 Å². The van der Waals surface area contributed by atoms with Gasteiger partial charge in [-0.25, -0.2) is 0 Å². The molecule has 104 valence electrons. The molecule has 0 atom stereocenters. The van der Waals surface area contributed by atoms with Crippen molar-refractivity contribution in [3.63, 3.8) is 0 Å². The summed E-state index contributed by atoms with van der Waals surface area (Å²) in [4.78, 5) is 0. The first-order valence-corrected chi connectivity index (χ1v) is 8.19. The Kier molecular flexibility index (Phi) is 5.69. The summed E-state index contributed by atoms with van der Waals surface area (Å²) in [6.07, 6.45) is 0. The van der Waals surface area contributed by atoms with Gasteiger partial charge in [-0.2, -0.15) is 0 Å². The van der Waals surface area contributed by atoms with Gasteiger partial charge in [-0.1, -0.05) is 45.2 Å². The molecule has 0 aliphatic rings. The lowest BCUT2D eigenvalue weighted by molar-refractivity contribution is 1.55. The van der Waals surface area contributed by atoms with E-state index in [1.54, 1.807) is 18.2 Å². The van der Waals surface area contributed by atoms with Gasteiger partial charge in [0.05, 0.1) is 21.4 Å². The first kappa shape index (κ1) is 16.0. The number of benzene rings is 2. The second-order valence-corrected chi connectivity index (χ2v) is 6.77. The van der Waals surface area contributed by atoms with E-state index in [0.29, 0.717) is 20.8 Å². The van der Waals surface area contributed by atoms with Gasteiger partial charge in [-0.3, -0.25) is 0 Å². The maximum absolute atomic E-state index is 6.10. The van der Waals surface area contributed by atoms with Crippen LogP contribution in [0.4, 0.5) is 11.4 Å². The molecule has 0 saturated carbocycles. The van der Waals surface area contributed by atoms with Crippen molar-refractivity contribution in [3.8, 4) is 0 Å². The lowest BCUT2D eigenvalue weighted by Crippen LogP contribution is -2.19. The van der Waals surface area contributed by atoms with Crippen molar-refractivity contribution in [1.29, 1.82) is 0 Å². The summed E-state index contributed by atoms with van der Waals surface area (Å²) >= 11 is 24.2. The van der Waals surface area contributed by atoms with E-state index in [1.165, 1.54) is 0 Å². The van der Waals surface area contributed by atoms with E-state index in [1.807, 2.05) is 18.2 Å². The van der Waals surface area contributed by atoms with Crippen LogP contribution in [0.2, 0.25) is 10.0 Å². The van der Waals surface area contributed by atoms with Crippen LogP contribution in [0.1, 0.15) is 0 Å². The second-order valence-electron chi connectivity index (χ2n) is 3.80. The van der Waals surface area contributed by atoms with Gasteiger partial charge in [-0.15, -0.1) is 0 Å². The third kappa shape index (κ3) is 4.09. The lowest BCUT2D eigenvalue weighted by atomic mass is 10.3. The molecule has 2 aromatic carbocycles. The summed E-state index contributed by atoms with van der Waals surface area (Å²) in [7, 11) is 0. The van der Waals surface area contributed by atoms with E-state index < -0.39 is 0 Å². The molecule has 2 nitrogen and oxygen atoms in total. The molecule has 20 heavy (non-hydrogen) atoms. The van der Waals surface area contributed by atoms with Crippen LogP contribution in [0, 0.1) is 0 Å². The Hall–Kier alpha value is -0.330. The quantitative estimate of drug-likeness (QED) is 0.518. The van der Waals surface area contributed by atoms with Crippen molar-refractivity contribution >= 4 is 83.8 Å². The van der Waals surface area contributed by atoms with Gasteiger partial charge in [0.1, 0.15) is 0 Å². The molecule has 7 heteroatoms. The fourth-order valence-electron chi connectivity index (χ4n) is 1.47. The van der Waals surface area contributed by atoms with Crippen LogP contribution in [0.25, 0.3) is 0 Å². The summed E-state index contributed by atoms with van der Waals surface area (Å²) < 4.78 is 1.87. The molecule has 0 fully saturated rings. The Morgan fingerprint density at radius 2 is 1.70 bits per heavy atom. The SMILES string of the molecule is S=C(Nc1ccc(Br)cc1Br)Nc1cccc(Cl)c1Cl. The molecule has 0 aromatic heterocycles. The van der Waals surface area contributed by atoms with Gasteiger partial charge in [-0.05, 0) is 58.5 Å². The molecule has 0 aliphatic heterocycles. The fraction of sp³-hybridized carbons (Fsp3) is 0. The van der Waals surface area contributed by atoms with Crippen molar-refractivity contribution in [2.75, 3.05) is 10.6 Å². The highest BCUT2D eigenvalue weighted by Crippen LogP contribution is 2.30. The summed E-state index contributed by atoms with van der Waals surface area (Å²) in [5, 5.41) is 7.44. The Morgan fingerprint density at radius 3 is 2.40 bits per heavy atom. The van der Waals surface area contributed by atoms with Crippen LogP contribution in [-0.4, -0.2) is 5.11 Å². The third-order valence-corrected chi connectivity index (χ3v) is 4.55. The van der Waals surface area contributed by atoms with Crippen LogP contribution in [0.5, 0.6) is 0 Å². The Morgan fingerprint density at radius 1 is 1.00 bits per heavy atom. The molecule has 2 N–H and O–H groups in total. The number of halogens is 4. The Labute approximate surface area is 149 Å². The summed E-state index contributed by atoms with van der Waals surface area (Å²) in [5.74, 6) is 0. The highest BCUT2D eigenvalue weighted by molar-refractivity contribution is 9.11. The van der Waals surface area contributed by atoms with Crippen LogP contribution in [-0.2, 0) is 0 Å². The maximum atomic E-state index is 6.10. The predicted octanol–water partition coefficient (Wildman–Crippen LogP) is 6.33. The van der Waals surface area contributed by atoms with E-state index in [2.05, 4.69) is 42.5 Å². The van der Waals surface area contributed by atoms with Gasteiger partial charge in [0, 0.05) is 8.95 Å². The summed E-state index contributed by atoms with van der Waals surface area (Å²) in [5.41, 5.74) is 1.51. The van der Waals surface area contributed by atoms with Gasteiger partial charge in [0.25, 0.3) is 0 Å². The van der Waals surface area contributed by atoms with Gasteiger partial charge < -0.3 is 10.6 Å². The second kappa shape index (κ2) is 7.09. The molecular formula is C13H8Br2Cl2N2S. The van der Waals surface area contributed by atoms with E-state index in [4.69, 9.17) is 35.4 Å². The average Bonchev–Trinajstić information content (AvgIpc) is 2.38. The number of hydrogen-bond acceptors (Lipinski definition) is 1. The van der Waals surface area contributed by atoms with Crippen LogP contribution < -0.4 is 10.6 Å². The molecule has 0 bridgehead atoms. The molecule has 2 aromatic rings. The van der Waals surface area contributed by atoms with Gasteiger partial charge in [0.15, 0.2) is 5.11 Å². The largest absolute Gasteiger partial charge is 0.332 e. The highest BCUT2D eigenvalue weighted by Gasteiger charge is 2.07. The summed E-state index contributed by atoms with van der Waals surface area (Å²) in [6, 6.07) is 11.1. The maximum Gasteiger partial charge on any atom is 0.175 e. The van der Waals surface area contributed by atoms with Crippen LogP contribution >= 0.6 is 67.3 Å². The molecular weight excluding hydrogens is 447 g/mol. The first-order chi connectivity index (χ1) is 9.47. The minimum atomic E-state index is 0.428. The normalized spacial score (nSPS) is 10.2. The standard InChI is InChI=1S/C13H8Br2Cl2N2S/c14-7-4-5-10(8(15)6-7)18-13(20)19-11-3-1-2-9(16)12(11)17/h1-6H,(H2,18,19,20). The van der Waals surface area contributed by atoms with Crippen molar-refractivity contribution in [3.05, 3.63) is 55.4 Å². The predicted molar refractivity (Wildman–Crippen MR) is 98.1 cm³/mol. The molecule has 0 radical (unpaired) electrons. The minimum Gasteiger partial charge on any atom is -0.332 e. The first-order valence-electron chi connectivity index (χ1n) is 5.44. The Balaban J connectivity index is 2.11. The molecule has 0 spiro atoms. The van der Waals surface area contributed by atoms with E-state index in [0.717, 1.165) is 14.6 Å². The van der Waals surface area contributed by atoms with Crippen LogP contribution in [0.3, 0.4) is 0 Å². The number of anilines is 2. The highest BCUT2D eigenvalue weighted by atomic mass is 79.9. The number of rotatable bonds is 2. The van der Waals surface area contributed by atoms with Crippen molar-refractivity contribution < 1.29 is 0 Å². The lowest BCUT2D eigenvalue weighted by Gasteiger charge is -2.13. The third-order valence-electron chi connectivity index (χ3n) is 2.38. The fourth-order valence-corrected chi connectivity index (χ4v) is 3.18. The zero-order chi connectivity index (χ0) is 14.7. The smallest absolute Gasteiger partial charge is 0.175 e. The molecule has 0 aliphatic carbocycles. The van der Waals surface area contributed by atoms with E-state index in [9.17, 15) is 0 Å². The Bertz CT molecular complexity index is 665. The average molecular weight is 455 g/mol. The van der Waals surface area contributed by atoms with Gasteiger partial charge >= 0.3 is 0 Å². The topological polar surface area (TPSA) is 24.1 Å². The monoisotopic (exact) mass is 452 g/mol. The van der Waals surface area contributed by atoms with Crippen molar-refractivity contribution in [1.82, 2.24) is 0 Å². The molecule has 0 amide bonds. The summed E-state index contributed by atoms with van der Waals surface area (Å²) in [6.45, 7) is 0. The zero-order valence-electron chi connectivity index (χ0n) is 9.88. The molecule has 2 rings (SSSR count). The van der Waals surface area contributed by atoms with Crippen molar-refractivity contribution in [2.45, 2.75) is 0 Å². The number of thiocarbonyl (C=S) groups is 1. The number of nitrogens with one attached hydrogen (secondary N) is 2. The van der Waals surface area contributed by atoms with Crippen molar-refractivity contribution in [2.24, 2.45) is 0 Å². The number of hydrogen-bond donors (Lipinski definition) is 2. The molecule has 0 saturated heterocycles. The van der Waals surface area contributed by atoms with Gasteiger partial charge in [0.2, 0.25) is 0 Å². The zero-order valence-corrected chi connectivity index (χ0v) is 15.4. The molecule has 0 unspecified atom stereocenters. The molecule has 0 heterocycles.